The van der Waals surface area contributed by atoms with E-state index in [1.807, 2.05) is 0 Å². The van der Waals surface area contributed by atoms with Crippen LogP contribution in [0.1, 0.15) is 33.6 Å². The zero-order valence-corrected chi connectivity index (χ0v) is 8.17. The van der Waals surface area contributed by atoms with E-state index in [1.54, 1.807) is 0 Å². The molecule has 0 aliphatic heterocycles. The van der Waals surface area contributed by atoms with Gasteiger partial charge in [-0.3, -0.25) is 0 Å². The summed E-state index contributed by atoms with van der Waals surface area (Å²) in [5, 5.41) is 3.43. The van der Waals surface area contributed by atoms with Crippen LogP contribution in [-0.4, -0.2) is 17.8 Å². The van der Waals surface area contributed by atoms with Crippen LogP contribution in [0.25, 0.3) is 0 Å². The summed E-state index contributed by atoms with van der Waals surface area (Å²) in [7, 11) is 0. The average molecular weight is 161 g/mol. The maximum atomic E-state index is 4.24. The summed E-state index contributed by atoms with van der Waals surface area (Å²) in [5.41, 5.74) is 0.207. The molecule has 0 amide bonds. The SMILES string of the molecule is CCCCNC(C)(C)CS. The average Bonchev–Trinajstić information content (AvgIpc) is 1.89. The van der Waals surface area contributed by atoms with Gasteiger partial charge in [0.05, 0.1) is 0 Å². The number of nitrogens with one attached hydrogen (secondary N) is 1. The summed E-state index contributed by atoms with van der Waals surface area (Å²) >= 11 is 4.24. The van der Waals surface area contributed by atoms with E-state index in [4.69, 9.17) is 0 Å². The zero-order chi connectivity index (χ0) is 8.04. The van der Waals surface area contributed by atoms with E-state index < -0.39 is 0 Å². The second-order valence-electron chi connectivity index (χ2n) is 3.32. The molecule has 0 spiro atoms. The highest BCUT2D eigenvalue weighted by Gasteiger charge is 2.12. The molecule has 10 heavy (non-hydrogen) atoms. The lowest BCUT2D eigenvalue weighted by Crippen LogP contribution is -2.41. The van der Waals surface area contributed by atoms with E-state index >= 15 is 0 Å². The highest BCUT2D eigenvalue weighted by Crippen LogP contribution is 2.03. The Kier molecular flexibility index (Phi) is 5.18. The first kappa shape index (κ1) is 10.3. The molecular weight excluding hydrogens is 142 g/mol. The van der Waals surface area contributed by atoms with Gasteiger partial charge in [0, 0.05) is 11.3 Å². The lowest BCUT2D eigenvalue weighted by atomic mass is 10.1. The lowest BCUT2D eigenvalue weighted by molar-refractivity contribution is 0.429. The van der Waals surface area contributed by atoms with E-state index in [2.05, 4.69) is 38.7 Å². The highest BCUT2D eigenvalue weighted by molar-refractivity contribution is 7.80. The first-order valence-corrected chi connectivity index (χ1v) is 4.61. The molecule has 1 N–H and O–H groups in total. The summed E-state index contributed by atoms with van der Waals surface area (Å²) in [5.74, 6) is 0.900. The molecule has 0 heterocycles. The maximum absolute atomic E-state index is 4.24. The number of thiol groups is 1. The van der Waals surface area contributed by atoms with Gasteiger partial charge >= 0.3 is 0 Å². The van der Waals surface area contributed by atoms with Crippen molar-refractivity contribution in [2.75, 3.05) is 12.3 Å². The monoisotopic (exact) mass is 161 g/mol. The van der Waals surface area contributed by atoms with Gasteiger partial charge in [0.2, 0.25) is 0 Å². The van der Waals surface area contributed by atoms with Crippen LogP contribution in [0, 0.1) is 0 Å². The van der Waals surface area contributed by atoms with Crippen molar-refractivity contribution in [2.24, 2.45) is 0 Å². The van der Waals surface area contributed by atoms with E-state index in [0.717, 1.165) is 12.3 Å². The van der Waals surface area contributed by atoms with Gasteiger partial charge in [0.15, 0.2) is 0 Å². The van der Waals surface area contributed by atoms with Crippen LogP contribution in [0.15, 0.2) is 0 Å². The Morgan fingerprint density at radius 1 is 1.40 bits per heavy atom. The van der Waals surface area contributed by atoms with Crippen molar-refractivity contribution in [2.45, 2.75) is 39.2 Å². The normalized spacial score (nSPS) is 12.0. The van der Waals surface area contributed by atoms with Gasteiger partial charge in [-0.05, 0) is 26.8 Å². The second-order valence-corrected chi connectivity index (χ2v) is 3.64. The molecule has 0 aromatic rings. The Morgan fingerprint density at radius 2 is 2.00 bits per heavy atom. The van der Waals surface area contributed by atoms with Crippen molar-refractivity contribution in [1.82, 2.24) is 5.32 Å². The molecular formula is C8H19NS. The topological polar surface area (TPSA) is 12.0 Å². The molecule has 0 saturated heterocycles. The molecule has 0 aromatic carbocycles. The number of unbranched alkanes of at least 4 members (excludes halogenated alkanes) is 1. The van der Waals surface area contributed by atoms with Gasteiger partial charge in [-0.2, -0.15) is 12.6 Å². The van der Waals surface area contributed by atoms with Gasteiger partial charge in [-0.25, -0.2) is 0 Å². The predicted octanol–water partition coefficient (Wildman–Crippen LogP) is 2.08. The summed E-state index contributed by atoms with van der Waals surface area (Å²) < 4.78 is 0. The molecule has 0 unspecified atom stereocenters. The minimum absolute atomic E-state index is 0.207. The van der Waals surface area contributed by atoms with Gasteiger partial charge in [0.25, 0.3) is 0 Å². The highest BCUT2D eigenvalue weighted by atomic mass is 32.1. The van der Waals surface area contributed by atoms with Crippen LogP contribution < -0.4 is 5.32 Å². The predicted molar refractivity (Wildman–Crippen MR) is 50.8 cm³/mol. The minimum atomic E-state index is 0.207. The van der Waals surface area contributed by atoms with Crippen LogP contribution in [0.5, 0.6) is 0 Å². The Morgan fingerprint density at radius 3 is 2.40 bits per heavy atom. The van der Waals surface area contributed by atoms with Crippen molar-refractivity contribution in [3.05, 3.63) is 0 Å². The third-order valence-corrected chi connectivity index (χ3v) is 2.32. The zero-order valence-electron chi connectivity index (χ0n) is 7.28. The smallest absolute Gasteiger partial charge is 0.0213 e. The third-order valence-electron chi connectivity index (χ3n) is 1.53. The lowest BCUT2D eigenvalue weighted by Gasteiger charge is -2.23. The molecule has 2 heteroatoms. The standard InChI is InChI=1S/C8H19NS/c1-4-5-6-9-8(2,3)7-10/h9-10H,4-7H2,1-3H3. The molecule has 1 nitrogen and oxygen atoms in total. The number of hydrogen-bond donors (Lipinski definition) is 2. The molecule has 0 aromatic heterocycles. The Bertz CT molecular complexity index is 81.3. The molecule has 62 valence electrons. The fraction of sp³-hybridized carbons (Fsp3) is 1.00. The molecule has 0 fully saturated rings. The molecule has 0 radical (unpaired) electrons. The van der Waals surface area contributed by atoms with Gasteiger partial charge in [0.1, 0.15) is 0 Å². The molecule has 0 rings (SSSR count). The number of rotatable bonds is 5. The number of hydrogen-bond acceptors (Lipinski definition) is 2. The first-order valence-electron chi connectivity index (χ1n) is 3.98. The Labute approximate surface area is 70.0 Å². The summed E-state index contributed by atoms with van der Waals surface area (Å²) in [4.78, 5) is 0. The molecule has 0 aliphatic carbocycles. The fourth-order valence-corrected chi connectivity index (χ4v) is 0.771. The van der Waals surface area contributed by atoms with Crippen molar-refractivity contribution in [1.29, 1.82) is 0 Å². The van der Waals surface area contributed by atoms with E-state index in [0.29, 0.717) is 0 Å². The maximum Gasteiger partial charge on any atom is 0.0213 e. The Hall–Kier alpha value is 0.310. The van der Waals surface area contributed by atoms with E-state index in [-0.39, 0.29) is 5.54 Å². The van der Waals surface area contributed by atoms with E-state index in [9.17, 15) is 0 Å². The van der Waals surface area contributed by atoms with Crippen LogP contribution in [0.3, 0.4) is 0 Å². The van der Waals surface area contributed by atoms with Crippen LogP contribution in [-0.2, 0) is 0 Å². The minimum Gasteiger partial charge on any atom is -0.311 e. The fourth-order valence-electron chi connectivity index (χ4n) is 0.659. The van der Waals surface area contributed by atoms with Crippen molar-refractivity contribution in [3.63, 3.8) is 0 Å². The molecule has 0 atom stereocenters. The largest absolute Gasteiger partial charge is 0.311 e. The van der Waals surface area contributed by atoms with Gasteiger partial charge < -0.3 is 5.32 Å². The van der Waals surface area contributed by atoms with Crippen LogP contribution in [0.4, 0.5) is 0 Å². The second kappa shape index (κ2) is 5.03. The first-order chi connectivity index (χ1) is 4.62. The summed E-state index contributed by atoms with van der Waals surface area (Å²) in [6.07, 6.45) is 2.52. The van der Waals surface area contributed by atoms with Crippen molar-refractivity contribution >= 4 is 12.6 Å². The van der Waals surface area contributed by atoms with Gasteiger partial charge in [-0.15, -0.1) is 0 Å². The van der Waals surface area contributed by atoms with Gasteiger partial charge in [-0.1, -0.05) is 13.3 Å². The third kappa shape index (κ3) is 5.12. The Balaban J connectivity index is 3.28. The quantitative estimate of drug-likeness (QED) is 0.465. The van der Waals surface area contributed by atoms with Crippen LogP contribution >= 0.6 is 12.6 Å². The molecule has 0 bridgehead atoms. The molecule has 0 aliphatic rings. The summed E-state index contributed by atoms with van der Waals surface area (Å²) in [6.45, 7) is 7.67. The van der Waals surface area contributed by atoms with Crippen LogP contribution in [0.2, 0.25) is 0 Å². The van der Waals surface area contributed by atoms with Crippen molar-refractivity contribution < 1.29 is 0 Å². The summed E-state index contributed by atoms with van der Waals surface area (Å²) in [6, 6.07) is 0. The molecule has 0 saturated carbocycles. The van der Waals surface area contributed by atoms with E-state index in [1.165, 1.54) is 12.8 Å². The van der Waals surface area contributed by atoms with Crippen molar-refractivity contribution in [3.8, 4) is 0 Å².